The molecule has 0 N–H and O–H groups in total. The van der Waals surface area contributed by atoms with Gasteiger partial charge in [0.15, 0.2) is 0 Å². The van der Waals surface area contributed by atoms with Gasteiger partial charge in [-0.05, 0) is 103 Å². The lowest BCUT2D eigenvalue weighted by molar-refractivity contribution is -0.0541. The molecule has 8 aliphatic carbocycles. The monoisotopic (exact) mass is 1080 g/mol. The Hall–Kier alpha value is 1.26. The lowest BCUT2D eigenvalue weighted by atomic mass is 10.0. The van der Waals surface area contributed by atoms with Gasteiger partial charge in [-0.3, -0.25) is 0 Å². The van der Waals surface area contributed by atoms with Gasteiger partial charge in [-0.2, -0.15) is 0 Å². The molecule has 8 saturated carbocycles. The fourth-order valence-corrected chi connectivity index (χ4v) is 73.5. The van der Waals surface area contributed by atoms with Crippen LogP contribution in [0, 0.1) is 0 Å². The average molecular weight is 1080 g/mol. The van der Waals surface area contributed by atoms with E-state index in [4.69, 9.17) is 49.4 Å². The highest BCUT2D eigenvalue weighted by molar-refractivity contribution is 7.04. The molecule has 14 rings (SSSR count). The molecule has 0 radical (unpaired) electrons. The zero-order chi connectivity index (χ0) is 45.4. The third kappa shape index (κ3) is 8.60. The third-order valence-electron chi connectivity index (χ3n) is 20.3. The molecule has 0 spiro atoms. The van der Waals surface area contributed by atoms with E-state index < -0.39 is 70.4 Å². The van der Waals surface area contributed by atoms with Crippen molar-refractivity contribution in [1.82, 2.24) is 0 Å². The number of hydrogen-bond acceptors (Lipinski definition) is 12. The van der Waals surface area contributed by atoms with Crippen molar-refractivity contribution in [2.45, 2.75) is 301 Å². The van der Waals surface area contributed by atoms with Crippen LogP contribution in [0.4, 0.5) is 0 Å². The minimum atomic E-state index is -3.97. The number of hydrogen-bond donors (Lipinski definition) is 0. The molecule has 14 aliphatic rings. The van der Waals surface area contributed by atoms with Crippen LogP contribution in [0.3, 0.4) is 0 Å². The van der Waals surface area contributed by atoms with Crippen LogP contribution < -0.4 is 0 Å². The van der Waals surface area contributed by atoms with Gasteiger partial charge in [0.2, 0.25) is 0 Å². The van der Waals surface area contributed by atoms with Crippen molar-refractivity contribution < 1.29 is 49.4 Å². The van der Waals surface area contributed by atoms with Crippen molar-refractivity contribution in [2.75, 3.05) is 0 Å². The summed E-state index contributed by atoms with van der Waals surface area (Å²) in [5.41, 5.74) is 0.594. The fourth-order valence-electron chi connectivity index (χ4n) is 16.5. The summed E-state index contributed by atoms with van der Waals surface area (Å²) >= 11 is 0. The van der Waals surface area contributed by atoms with Crippen LogP contribution in [0.2, 0.25) is 44.3 Å². The summed E-state index contributed by atoms with van der Waals surface area (Å²) in [6, 6.07) is 0. The first-order chi connectivity index (χ1) is 33.3. The molecular weight excluding hydrogens is 993 g/mol. The Labute approximate surface area is 418 Å². The lowest BCUT2D eigenvalue weighted by Gasteiger charge is -2.68. The van der Waals surface area contributed by atoms with Crippen molar-refractivity contribution in [3.63, 3.8) is 0 Å². The maximum atomic E-state index is 8.77. The minimum Gasteiger partial charge on any atom is -0.373 e. The quantitative estimate of drug-likeness (QED) is 0.216. The Morgan fingerprint density at radius 2 is 0.221 bits per heavy atom. The molecule has 6 saturated heterocycles. The van der Waals surface area contributed by atoms with E-state index in [-0.39, 0.29) is 44.3 Å². The topological polar surface area (TPSA) is 111 Å². The van der Waals surface area contributed by atoms with E-state index in [9.17, 15) is 0 Å². The molecule has 14 fully saturated rings. The van der Waals surface area contributed by atoms with E-state index in [2.05, 4.69) is 0 Å². The molecule has 6 aliphatic heterocycles. The summed E-state index contributed by atoms with van der Waals surface area (Å²) in [5, 5.41) is 0. The minimum absolute atomic E-state index is 0.0742. The first kappa shape index (κ1) is 48.9. The molecule has 12 nitrogen and oxygen atoms in total. The highest BCUT2D eigenvalue weighted by atomic mass is 28.6. The van der Waals surface area contributed by atoms with Crippen LogP contribution in [-0.4, -0.2) is 70.4 Å². The van der Waals surface area contributed by atoms with Gasteiger partial charge < -0.3 is 49.4 Å². The van der Waals surface area contributed by atoms with E-state index in [1.54, 1.807) is 0 Å². The maximum Gasteiger partial charge on any atom is 0.482 e. The van der Waals surface area contributed by atoms with E-state index in [0.29, 0.717) is 0 Å². The SMILES string of the molecule is C1CCC([Si]23O[Si]4(C5CCCCC5)O[Si]5(C6CCCCC6)O[Si](C6CCCCC6)(O2)O[Si]2(C6CCCCC6)O[Si](C6CCCCC6)(O3)O[Si](C3CCCCC3)(O4)O[Si](C3CCCCC3)(O5)O2)CC1. The van der Waals surface area contributed by atoms with Crippen LogP contribution >= 0.6 is 0 Å². The van der Waals surface area contributed by atoms with Crippen molar-refractivity contribution in [3.8, 4) is 0 Å². The molecule has 0 aromatic carbocycles. The van der Waals surface area contributed by atoms with Gasteiger partial charge >= 0.3 is 70.4 Å². The van der Waals surface area contributed by atoms with Gasteiger partial charge in [-0.1, -0.05) is 154 Å². The summed E-state index contributed by atoms with van der Waals surface area (Å²) < 4.78 is 105. The molecule has 0 aromatic rings. The molecule has 8 bridgehead atoms. The molecule has 0 atom stereocenters. The molecule has 0 aromatic heterocycles. The highest BCUT2D eigenvalue weighted by Gasteiger charge is 2.88. The van der Waals surface area contributed by atoms with Crippen molar-refractivity contribution in [1.29, 1.82) is 0 Å². The molecule has 0 amide bonds. The Morgan fingerprint density at radius 3 is 0.309 bits per heavy atom. The van der Waals surface area contributed by atoms with Crippen LogP contribution in [-0.2, 0) is 49.4 Å². The van der Waals surface area contributed by atoms with E-state index >= 15 is 0 Å². The van der Waals surface area contributed by atoms with Gasteiger partial charge in [0.25, 0.3) is 0 Å². The smallest absolute Gasteiger partial charge is 0.373 e. The Morgan fingerprint density at radius 1 is 0.132 bits per heavy atom. The van der Waals surface area contributed by atoms with Crippen LogP contribution in [0.1, 0.15) is 257 Å². The predicted octanol–water partition coefficient (Wildman–Crippen LogP) is 14.4. The van der Waals surface area contributed by atoms with Crippen molar-refractivity contribution >= 4 is 70.4 Å². The van der Waals surface area contributed by atoms with E-state index in [1.807, 2.05) is 0 Å². The molecule has 68 heavy (non-hydrogen) atoms. The van der Waals surface area contributed by atoms with Gasteiger partial charge in [0.05, 0.1) is 0 Å². The average Bonchev–Trinajstić information content (AvgIpc) is 3.38. The molecule has 6 heterocycles. The van der Waals surface area contributed by atoms with Crippen LogP contribution in [0.5, 0.6) is 0 Å². The molecular formula is C48H88O12Si8. The molecule has 20 heteroatoms. The Bertz CT molecular complexity index is 1300. The van der Waals surface area contributed by atoms with Gasteiger partial charge in [-0.15, -0.1) is 0 Å². The summed E-state index contributed by atoms with van der Waals surface area (Å²) in [6.45, 7) is 0. The summed E-state index contributed by atoms with van der Waals surface area (Å²) in [7, 11) is -31.8. The zero-order valence-electron chi connectivity index (χ0n) is 41.8. The predicted molar refractivity (Wildman–Crippen MR) is 274 cm³/mol. The second kappa shape index (κ2) is 19.7. The number of rotatable bonds is 8. The van der Waals surface area contributed by atoms with Gasteiger partial charge in [0.1, 0.15) is 0 Å². The largest absolute Gasteiger partial charge is 0.482 e. The summed E-state index contributed by atoms with van der Waals surface area (Å²) in [5.74, 6) is 0. The highest BCUT2D eigenvalue weighted by Crippen LogP contribution is 2.66. The lowest BCUT2D eigenvalue weighted by Crippen LogP contribution is -2.91. The summed E-state index contributed by atoms with van der Waals surface area (Å²) in [4.78, 5) is 0. The van der Waals surface area contributed by atoms with Gasteiger partial charge in [0, 0.05) is 44.3 Å². The Balaban J connectivity index is 1.14. The first-order valence-electron chi connectivity index (χ1n) is 29.7. The van der Waals surface area contributed by atoms with Crippen LogP contribution in [0.15, 0.2) is 0 Å². The van der Waals surface area contributed by atoms with E-state index in [1.165, 1.54) is 51.4 Å². The normalized spacial score (nSPS) is 47.3. The second-order valence-electron chi connectivity index (χ2n) is 24.7. The molecule has 384 valence electrons. The third-order valence-corrected chi connectivity index (χ3v) is 60.2. The second-order valence-corrected chi connectivity index (χ2v) is 50.7. The van der Waals surface area contributed by atoms with Gasteiger partial charge in [-0.25, -0.2) is 0 Å². The maximum absolute atomic E-state index is 8.77. The summed E-state index contributed by atoms with van der Waals surface area (Å²) in [6.07, 6.45) is 44.2. The van der Waals surface area contributed by atoms with Crippen molar-refractivity contribution in [3.05, 3.63) is 0 Å². The standard InChI is InChI=1S/C48H88O12Si8/c1-9-25-41(26-10-1)61-49-62(42-27-11-2-12-28-42)52-65(45-33-17-5-18-34-45)54-63(50-61,43-29-13-3-14-30-43)56-67(47-37-21-7-22-38-47)57-64(51-61,44-31-15-4-16-32-44)55-66(53-62,46-35-19-6-20-36-46)59-68(58-65,60-67)48-39-23-8-24-40-48/h41-48H,1-40H2. The first-order valence-corrected chi connectivity index (χ1v) is 44.2. The van der Waals surface area contributed by atoms with Crippen LogP contribution in [0.25, 0.3) is 0 Å². The Kier molecular flexibility index (Phi) is 14.1. The fraction of sp³-hybridized carbons (Fsp3) is 1.00. The van der Waals surface area contributed by atoms with E-state index in [0.717, 1.165) is 205 Å². The zero-order valence-corrected chi connectivity index (χ0v) is 49.8. The molecule has 0 unspecified atom stereocenters. The van der Waals surface area contributed by atoms with Crippen molar-refractivity contribution in [2.24, 2.45) is 0 Å².